The number of nitrogens with one attached hydrogen (secondary N) is 1. The maximum atomic E-state index is 5.16. The fourth-order valence-corrected chi connectivity index (χ4v) is 8.39. The van der Waals surface area contributed by atoms with E-state index in [2.05, 4.69) is 93.2 Å². The molecule has 48 heavy (non-hydrogen) atoms. The van der Waals surface area contributed by atoms with Crippen molar-refractivity contribution >= 4 is 17.5 Å². The van der Waals surface area contributed by atoms with Gasteiger partial charge in [0, 0.05) is 12.0 Å². The number of H-pyrrole nitrogens is 1. The summed E-state index contributed by atoms with van der Waals surface area (Å²) in [4.78, 5) is 11.7. The molecule has 0 bridgehead atoms. The number of allylic oxidation sites excluding steroid dienone is 2. The Morgan fingerprint density at radius 2 is 1.56 bits per heavy atom. The van der Waals surface area contributed by atoms with Crippen LogP contribution in [0.1, 0.15) is 166 Å². The molecule has 4 heteroatoms. The van der Waals surface area contributed by atoms with Crippen LogP contribution in [-0.2, 0) is 12.8 Å². The molecule has 2 heterocycles. The van der Waals surface area contributed by atoms with Gasteiger partial charge in [-0.3, -0.25) is 4.98 Å². The van der Waals surface area contributed by atoms with Gasteiger partial charge in [0.25, 0.3) is 0 Å². The highest BCUT2D eigenvalue weighted by atomic mass is 15.2. The lowest BCUT2D eigenvalue weighted by molar-refractivity contribution is -0.555. The fourth-order valence-electron chi connectivity index (χ4n) is 8.39. The first kappa shape index (κ1) is 38.3. The van der Waals surface area contributed by atoms with Gasteiger partial charge in [-0.1, -0.05) is 128 Å². The van der Waals surface area contributed by atoms with Crippen LogP contribution in [-0.4, -0.2) is 42.4 Å². The van der Waals surface area contributed by atoms with Crippen molar-refractivity contribution in [2.24, 2.45) is 16.3 Å². The quantitative estimate of drug-likeness (QED) is 0.0617. The number of likely N-dealkylation sites (tertiary alicyclic amines) is 1. The van der Waals surface area contributed by atoms with Gasteiger partial charge in [0.2, 0.25) is 11.7 Å². The van der Waals surface area contributed by atoms with Crippen LogP contribution in [0.25, 0.3) is 22.9 Å². The monoisotopic (exact) mass is 656 g/mol. The zero-order chi connectivity index (χ0) is 34.4. The molecule has 1 saturated carbocycles. The normalized spacial score (nSPS) is 18.0. The van der Waals surface area contributed by atoms with Gasteiger partial charge in [0.05, 0.1) is 19.2 Å². The van der Waals surface area contributed by atoms with Crippen LogP contribution in [0.15, 0.2) is 36.0 Å². The van der Waals surface area contributed by atoms with E-state index >= 15 is 0 Å². The lowest BCUT2D eigenvalue weighted by Crippen LogP contribution is -2.50. The van der Waals surface area contributed by atoms with Crippen LogP contribution >= 0.6 is 0 Å². The van der Waals surface area contributed by atoms with E-state index in [4.69, 9.17) is 4.99 Å². The molecule has 4 rings (SSSR count). The molecule has 2 fully saturated rings. The highest BCUT2D eigenvalue weighted by Crippen LogP contribution is 2.59. The van der Waals surface area contributed by atoms with E-state index in [1.54, 1.807) is 0 Å². The number of unbranched alkanes of at least 4 members (excludes halogenated alkanes) is 12. The Labute approximate surface area is 295 Å². The number of piperidine rings is 1. The molecular formula is C44H71N4+. The third-order valence-corrected chi connectivity index (χ3v) is 11.5. The number of hydrogen-bond donors (Lipinski definition) is 1. The number of benzene rings is 1. The number of aryl methyl sites for hydroxylation is 2. The Morgan fingerprint density at radius 1 is 0.938 bits per heavy atom. The molecule has 1 aromatic heterocycles. The number of rotatable bonds is 21. The Hall–Kier alpha value is -2.46. The SMILES string of the molecule is C=C(C)c1cc(CC)c(-c2c[nH]c(CCCCCCCCC)[n+]2C(=NC)C2CC23CCN(CCCCCCCCC)CC3)cc1/C=C\C. The van der Waals surface area contributed by atoms with E-state index in [0.29, 0.717) is 11.3 Å². The van der Waals surface area contributed by atoms with Gasteiger partial charge in [0.15, 0.2) is 0 Å². The lowest BCUT2D eigenvalue weighted by Gasteiger charge is -2.32. The summed E-state index contributed by atoms with van der Waals surface area (Å²) in [6, 6.07) is 4.81. The summed E-state index contributed by atoms with van der Waals surface area (Å²) in [5.74, 6) is 3.17. The minimum Gasteiger partial charge on any atom is -0.303 e. The molecule has 2 aromatic rings. The zero-order valence-electron chi connectivity index (χ0n) is 32.1. The third-order valence-electron chi connectivity index (χ3n) is 11.5. The second kappa shape index (κ2) is 19.7. The molecular weight excluding hydrogens is 585 g/mol. The Balaban J connectivity index is 1.53. The minimum atomic E-state index is 0.428. The topological polar surface area (TPSA) is 35.3 Å². The van der Waals surface area contributed by atoms with E-state index in [1.165, 1.54) is 168 Å². The van der Waals surface area contributed by atoms with Crippen LogP contribution in [0.2, 0.25) is 0 Å². The summed E-state index contributed by atoms with van der Waals surface area (Å²) >= 11 is 0. The van der Waals surface area contributed by atoms with Crippen LogP contribution in [0.4, 0.5) is 0 Å². The maximum Gasteiger partial charge on any atom is 0.240 e. The van der Waals surface area contributed by atoms with Crippen LogP contribution in [0.3, 0.4) is 0 Å². The van der Waals surface area contributed by atoms with Crippen LogP contribution in [0, 0.1) is 11.3 Å². The predicted octanol–water partition coefficient (Wildman–Crippen LogP) is 11.6. The van der Waals surface area contributed by atoms with Crippen molar-refractivity contribution in [3.63, 3.8) is 0 Å². The fraction of sp³-hybridized carbons (Fsp3) is 0.682. The third kappa shape index (κ3) is 10.1. The number of hydrogen-bond acceptors (Lipinski definition) is 2. The highest BCUT2D eigenvalue weighted by Gasteiger charge is 2.60. The van der Waals surface area contributed by atoms with Gasteiger partial charge >= 0.3 is 0 Å². The molecule has 1 aliphatic carbocycles. The average Bonchev–Trinajstić information content (AvgIpc) is 3.61. The molecule has 0 amide bonds. The van der Waals surface area contributed by atoms with Gasteiger partial charge in [-0.25, -0.2) is 0 Å². The average molecular weight is 656 g/mol. The summed E-state index contributed by atoms with van der Waals surface area (Å²) < 4.78 is 2.58. The standard InChI is InChI=1S/C44H70N4/c1-8-12-14-16-18-20-22-25-42-46-34-41(39-32-37(24-10-3)38(35(5)6)31-36(39)11-4)48(42)43(45-7)40-33-44(40)26-29-47(30-27-44)28-23-21-19-17-15-13-9-2/h10,24,31-32,34,40H,5,8-9,11-23,25-30,33H2,1-4,6-7H3/p+1/b24-10-,45-43?. The molecule has 1 saturated heterocycles. The molecule has 1 unspecified atom stereocenters. The first-order valence-corrected chi connectivity index (χ1v) is 20.2. The predicted molar refractivity (Wildman–Crippen MR) is 210 cm³/mol. The molecule has 1 N–H and O–H groups in total. The number of nitrogens with zero attached hydrogens (tertiary/aromatic N) is 3. The van der Waals surface area contributed by atoms with E-state index in [1.807, 2.05) is 0 Å². The summed E-state index contributed by atoms with van der Waals surface area (Å²) in [6.45, 7) is 19.3. The summed E-state index contributed by atoms with van der Waals surface area (Å²) in [5, 5.41) is 0. The smallest absolute Gasteiger partial charge is 0.240 e. The van der Waals surface area contributed by atoms with Gasteiger partial charge in [-0.2, -0.15) is 9.56 Å². The van der Waals surface area contributed by atoms with Gasteiger partial charge in [-0.15, -0.1) is 0 Å². The van der Waals surface area contributed by atoms with Crippen molar-refractivity contribution in [1.82, 2.24) is 9.88 Å². The van der Waals surface area contributed by atoms with Crippen molar-refractivity contribution in [3.05, 3.63) is 53.5 Å². The first-order valence-electron chi connectivity index (χ1n) is 20.2. The lowest BCUT2D eigenvalue weighted by atomic mass is 9.90. The second-order valence-corrected chi connectivity index (χ2v) is 15.2. The van der Waals surface area contributed by atoms with Crippen LogP contribution in [0.5, 0.6) is 0 Å². The number of aliphatic imine (C=N–C) groups is 1. The first-order chi connectivity index (χ1) is 23.4. The Kier molecular flexibility index (Phi) is 15.7. The summed E-state index contributed by atoms with van der Waals surface area (Å²) in [5.41, 5.74) is 8.06. The summed E-state index contributed by atoms with van der Waals surface area (Å²) in [7, 11) is 2.05. The molecule has 0 radical (unpaired) electrons. The van der Waals surface area contributed by atoms with E-state index in [0.717, 1.165) is 18.4 Å². The van der Waals surface area contributed by atoms with Gasteiger partial charge in [-0.05, 0) is 100 Å². The molecule has 1 aromatic carbocycles. The van der Waals surface area contributed by atoms with Crippen molar-refractivity contribution in [3.8, 4) is 11.3 Å². The van der Waals surface area contributed by atoms with Crippen molar-refractivity contribution < 1.29 is 4.57 Å². The molecule has 2 aliphatic rings. The molecule has 1 aliphatic heterocycles. The molecule has 266 valence electrons. The molecule has 1 spiro atoms. The molecule has 4 nitrogen and oxygen atoms in total. The second-order valence-electron chi connectivity index (χ2n) is 15.2. The van der Waals surface area contributed by atoms with Crippen molar-refractivity contribution in [2.45, 2.75) is 157 Å². The Bertz CT molecular complexity index is 1340. The number of aromatic nitrogens is 2. The van der Waals surface area contributed by atoms with Crippen molar-refractivity contribution in [2.75, 3.05) is 26.7 Å². The number of aromatic amines is 1. The van der Waals surface area contributed by atoms with Crippen molar-refractivity contribution in [1.29, 1.82) is 0 Å². The van der Waals surface area contributed by atoms with Crippen LogP contribution < -0.4 is 4.57 Å². The molecule has 1 atom stereocenters. The zero-order valence-corrected chi connectivity index (χ0v) is 32.1. The highest BCUT2D eigenvalue weighted by molar-refractivity contribution is 5.83. The minimum absolute atomic E-state index is 0.428. The van der Waals surface area contributed by atoms with Gasteiger partial charge in [0.1, 0.15) is 5.69 Å². The van der Waals surface area contributed by atoms with Gasteiger partial charge < -0.3 is 4.90 Å². The van der Waals surface area contributed by atoms with E-state index < -0.39 is 0 Å². The Morgan fingerprint density at radius 3 is 2.15 bits per heavy atom. The van der Waals surface area contributed by atoms with E-state index in [9.17, 15) is 0 Å². The largest absolute Gasteiger partial charge is 0.303 e. The number of imidazole rings is 1. The maximum absolute atomic E-state index is 5.16. The summed E-state index contributed by atoms with van der Waals surface area (Å²) in [6.07, 6.45) is 31.8. The van der Waals surface area contributed by atoms with E-state index in [-0.39, 0.29) is 0 Å².